The zero-order valence-electron chi connectivity index (χ0n) is 16.0. The highest BCUT2D eigenvalue weighted by Gasteiger charge is 2.26. The van der Waals surface area contributed by atoms with Crippen molar-refractivity contribution in [2.24, 2.45) is 0 Å². The zero-order valence-corrected chi connectivity index (χ0v) is 16.8. The Morgan fingerprint density at radius 3 is 2.54 bits per heavy atom. The summed E-state index contributed by atoms with van der Waals surface area (Å²) in [6.45, 7) is 5.27. The third-order valence-electron chi connectivity index (χ3n) is 4.49. The summed E-state index contributed by atoms with van der Waals surface area (Å²) in [4.78, 5) is 20.7. The molecule has 0 spiro atoms. The molecular weight excluding hydrogens is 380 g/mol. The average molecular weight is 404 g/mol. The Morgan fingerprint density at radius 1 is 1.21 bits per heavy atom. The van der Waals surface area contributed by atoms with Crippen LogP contribution in [0, 0.1) is 6.92 Å². The van der Waals surface area contributed by atoms with E-state index in [4.69, 9.17) is 4.74 Å². The maximum atomic E-state index is 12.6. The van der Waals surface area contributed by atoms with Crippen LogP contribution >= 0.6 is 0 Å². The molecule has 0 aliphatic carbocycles. The van der Waals surface area contributed by atoms with Gasteiger partial charge >= 0.3 is 5.97 Å². The van der Waals surface area contributed by atoms with Gasteiger partial charge in [0.25, 0.3) is 0 Å². The molecule has 0 atom stereocenters. The van der Waals surface area contributed by atoms with Crippen molar-refractivity contribution in [2.75, 3.05) is 25.0 Å². The lowest BCUT2D eigenvalue weighted by Crippen LogP contribution is -2.27. The number of hydrogen-bond acceptors (Lipinski definition) is 7. The highest BCUT2D eigenvalue weighted by atomic mass is 32.2. The highest BCUT2D eigenvalue weighted by molar-refractivity contribution is 7.89. The van der Waals surface area contributed by atoms with E-state index in [1.54, 1.807) is 38.1 Å². The molecule has 28 heavy (non-hydrogen) atoms. The van der Waals surface area contributed by atoms with E-state index in [1.807, 2.05) is 0 Å². The van der Waals surface area contributed by atoms with E-state index in [-0.39, 0.29) is 12.2 Å². The Balaban J connectivity index is 1.72. The highest BCUT2D eigenvalue weighted by Crippen LogP contribution is 2.21. The van der Waals surface area contributed by atoms with E-state index >= 15 is 0 Å². The minimum atomic E-state index is -3.42. The summed E-state index contributed by atoms with van der Waals surface area (Å²) in [5.41, 5.74) is 1.13. The number of benzene rings is 1. The van der Waals surface area contributed by atoms with E-state index in [0.717, 1.165) is 18.4 Å². The van der Waals surface area contributed by atoms with E-state index in [9.17, 15) is 13.2 Å². The van der Waals surface area contributed by atoms with Crippen molar-refractivity contribution in [3.63, 3.8) is 0 Å². The molecule has 1 fully saturated rings. The first-order valence-corrected chi connectivity index (χ1v) is 10.7. The Morgan fingerprint density at radius 2 is 1.89 bits per heavy atom. The molecule has 1 aliphatic heterocycles. The number of aryl methyl sites for hydroxylation is 1. The SMILES string of the molecule is CCOC(=O)c1cnc(C)nc1NCc1ccc(S(=O)(=O)N2CCCC2)cc1. The van der Waals surface area contributed by atoms with Gasteiger partial charge in [-0.2, -0.15) is 4.31 Å². The normalized spacial score (nSPS) is 14.8. The summed E-state index contributed by atoms with van der Waals surface area (Å²) in [5.74, 6) is 0.430. The molecule has 1 aromatic heterocycles. The van der Waals surface area contributed by atoms with Crippen LogP contribution in [0.15, 0.2) is 35.4 Å². The van der Waals surface area contributed by atoms with Crippen LogP contribution in [0.2, 0.25) is 0 Å². The van der Waals surface area contributed by atoms with Crippen LogP contribution in [0.1, 0.15) is 41.5 Å². The quantitative estimate of drug-likeness (QED) is 0.707. The van der Waals surface area contributed by atoms with Gasteiger partial charge in [-0.05, 0) is 44.4 Å². The Bertz CT molecular complexity index is 939. The van der Waals surface area contributed by atoms with Crippen LogP contribution in [0.4, 0.5) is 5.82 Å². The maximum absolute atomic E-state index is 12.6. The van der Waals surface area contributed by atoms with E-state index in [0.29, 0.717) is 36.2 Å². The molecule has 2 aromatic rings. The predicted octanol–water partition coefficient (Wildman–Crippen LogP) is 2.36. The molecule has 0 amide bonds. The van der Waals surface area contributed by atoms with Crippen molar-refractivity contribution in [1.29, 1.82) is 0 Å². The number of ether oxygens (including phenoxy) is 1. The minimum Gasteiger partial charge on any atom is -0.462 e. The van der Waals surface area contributed by atoms with Crippen LogP contribution < -0.4 is 5.32 Å². The van der Waals surface area contributed by atoms with Gasteiger partial charge < -0.3 is 10.1 Å². The number of nitrogens with zero attached hydrogens (tertiary/aromatic N) is 3. The number of rotatable bonds is 7. The number of sulfonamides is 1. The van der Waals surface area contributed by atoms with Crippen molar-refractivity contribution < 1.29 is 17.9 Å². The Hall–Kier alpha value is -2.52. The maximum Gasteiger partial charge on any atom is 0.343 e. The number of anilines is 1. The summed E-state index contributed by atoms with van der Waals surface area (Å²) in [7, 11) is -3.42. The lowest BCUT2D eigenvalue weighted by molar-refractivity contribution is 0.0526. The van der Waals surface area contributed by atoms with Crippen molar-refractivity contribution in [1.82, 2.24) is 14.3 Å². The molecular formula is C19H24N4O4S. The molecule has 150 valence electrons. The molecule has 1 N–H and O–H groups in total. The van der Waals surface area contributed by atoms with Crippen LogP contribution in [0.25, 0.3) is 0 Å². The number of aromatic nitrogens is 2. The first kappa shape index (κ1) is 20.2. The number of carbonyl (C=O) groups excluding carboxylic acids is 1. The molecule has 1 aliphatic rings. The van der Waals surface area contributed by atoms with E-state index < -0.39 is 16.0 Å². The standard InChI is InChI=1S/C19H24N4O4S/c1-3-27-19(24)17-13-20-14(2)22-18(17)21-12-15-6-8-16(9-7-15)28(25,26)23-10-4-5-11-23/h6-9,13H,3-5,10-12H2,1-2H3,(H,20,21,22). The fourth-order valence-electron chi connectivity index (χ4n) is 3.01. The van der Waals surface area contributed by atoms with Crippen molar-refractivity contribution >= 4 is 21.8 Å². The summed E-state index contributed by atoms with van der Waals surface area (Å²) >= 11 is 0. The predicted molar refractivity (Wildman–Crippen MR) is 104 cm³/mol. The summed E-state index contributed by atoms with van der Waals surface area (Å²) in [6.07, 6.45) is 3.25. The second-order valence-electron chi connectivity index (χ2n) is 6.51. The van der Waals surface area contributed by atoms with E-state index in [2.05, 4.69) is 15.3 Å². The van der Waals surface area contributed by atoms with Crippen molar-refractivity contribution in [3.8, 4) is 0 Å². The van der Waals surface area contributed by atoms with Gasteiger partial charge in [0.2, 0.25) is 10.0 Å². The third kappa shape index (κ3) is 4.48. The summed E-state index contributed by atoms with van der Waals surface area (Å²) in [6, 6.07) is 6.74. The van der Waals surface area contributed by atoms with Gasteiger partial charge in [0.05, 0.1) is 11.5 Å². The van der Waals surface area contributed by atoms with Crippen molar-refractivity contribution in [2.45, 2.75) is 38.1 Å². The molecule has 9 heteroatoms. The number of nitrogens with one attached hydrogen (secondary N) is 1. The van der Waals surface area contributed by atoms with Gasteiger partial charge in [-0.25, -0.2) is 23.2 Å². The van der Waals surface area contributed by atoms with Gasteiger partial charge in [-0.1, -0.05) is 12.1 Å². The van der Waals surface area contributed by atoms with Crippen LogP contribution in [0.3, 0.4) is 0 Å². The Kier molecular flexibility index (Phi) is 6.25. The molecule has 8 nitrogen and oxygen atoms in total. The monoisotopic (exact) mass is 404 g/mol. The number of hydrogen-bond donors (Lipinski definition) is 1. The molecule has 1 aromatic carbocycles. The fraction of sp³-hybridized carbons (Fsp3) is 0.421. The van der Waals surface area contributed by atoms with E-state index in [1.165, 1.54) is 10.5 Å². The second-order valence-corrected chi connectivity index (χ2v) is 8.45. The van der Waals surface area contributed by atoms with Crippen LogP contribution in [-0.2, 0) is 21.3 Å². The fourth-order valence-corrected chi connectivity index (χ4v) is 4.52. The summed E-state index contributed by atoms with van der Waals surface area (Å²) < 4.78 is 31.7. The molecule has 0 bridgehead atoms. The van der Waals surface area contributed by atoms with Gasteiger partial charge in [0, 0.05) is 25.8 Å². The average Bonchev–Trinajstić information content (AvgIpc) is 3.22. The van der Waals surface area contributed by atoms with Gasteiger partial charge in [0.1, 0.15) is 17.2 Å². The lowest BCUT2D eigenvalue weighted by Gasteiger charge is -2.16. The molecule has 1 saturated heterocycles. The first-order chi connectivity index (χ1) is 13.4. The van der Waals surface area contributed by atoms with Gasteiger partial charge in [-0.15, -0.1) is 0 Å². The van der Waals surface area contributed by atoms with Crippen LogP contribution in [-0.4, -0.2) is 48.4 Å². The first-order valence-electron chi connectivity index (χ1n) is 9.25. The largest absolute Gasteiger partial charge is 0.462 e. The number of carbonyl (C=O) groups is 1. The Labute approximate surface area is 165 Å². The summed E-state index contributed by atoms with van der Waals surface area (Å²) in [5, 5.41) is 3.11. The molecule has 0 saturated carbocycles. The topological polar surface area (TPSA) is 101 Å². The minimum absolute atomic E-state index is 0.263. The smallest absolute Gasteiger partial charge is 0.343 e. The number of esters is 1. The molecule has 2 heterocycles. The second kappa shape index (κ2) is 8.66. The molecule has 0 unspecified atom stereocenters. The molecule has 0 radical (unpaired) electrons. The van der Waals surface area contributed by atoms with Gasteiger partial charge in [-0.3, -0.25) is 0 Å². The third-order valence-corrected chi connectivity index (χ3v) is 6.40. The lowest BCUT2D eigenvalue weighted by atomic mass is 10.2. The van der Waals surface area contributed by atoms with Crippen molar-refractivity contribution in [3.05, 3.63) is 47.4 Å². The van der Waals surface area contributed by atoms with Gasteiger partial charge in [0.15, 0.2) is 0 Å². The van der Waals surface area contributed by atoms with Crippen LogP contribution in [0.5, 0.6) is 0 Å². The molecule has 3 rings (SSSR count). The zero-order chi connectivity index (χ0) is 20.1.